The summed E-state index contributed by atoms with van der Waals surface area (Å²) >= 11 is 6.04. The fourth-order valence-electron chi connectivity index (χ4n) is 2.22. The van der Waals surface area contributed by atoms with Crippen molar-refractivity contribution in [1.82, 2.24) is 4.72 Å². The monoisotopic (exact) mass is 388 g/mol. The van der Waals surface area contributed by atoms with Gasteiger partial charge in [-0.25, -0.2) is 13.1 Å². The molecule has 1 N–H and O–H groups in total. The van der Waals surface area contributed by atoms with Crippen molar-refractivity contribution in [2.45, 2.75) is 18.4 Å². The second-order valence-electron chi connectivity index (χ2n) is 5.65. The zero-order valence-corrected chi connectivity index (χ0v) is 15.6. The second-order valence-corrected chi connectivity index (χ2v) is 7.83. The van der Waals surface area contributed by atoms with Crippen LogP contribution in [0.2, 0.25) is 5.02 Å². The van der Waals surface area contributed by atoms with Crippen molar-refractivity contribution in [2.75, 3.05) is 0 Å². The smallest absolute Gasteiger partial charge is 0.240 e. The van der Waals surface area contributed by atoms with E-state index in [1.54, 1.807) is 54.7 Å². The van der Waals surface area contributed by atoms with Gasteiger partial charge in [-0.15, -0.1) is 0 Å². The van der Waals surface area contributed by atoms with Gasteiger partial charge in [-0.3, -0.25) is 4.99 Å². The molecule has 0 fully saturated rings. The van der Waals surface area contributed by atoms with Crippen LogP contribution in [0.15, 0.2) is 75.0 Å². The van der Waals surface area contributed by atoms with Gasteiger partial charge in [0.1, 0.15) is 11.5 Å². The van der Waals surface area contributed by atoms with Crippen LogP contribution < -0.4 is 4.72 Å². The topological polar surface area (TPSA) is 71.7 Å². The van der Waals surface area contributed by atoms with E-state index in [-0.39, 0.29) is 11.4 Å². The van der Waals surface area contributed by atoms with Crippen LogP contribution in [0, 0.1) is 6.92 Å². The number of rotatable bonds is 6. The van der Waals surface area contributed by atoms with Crippen molar-refractivity contribution in [3.05, 3.63) is 82.8 Å². The quantitative estimate of drug-likeness (QED) is 0.633. The Labute approximate surface area is 157 Å². The van der Waals surface area contributed by atoms with Gasteiger partial charge in [-0.05, 0) is 43.3 Å². The molecule has 0 aliphatic carbocycles. The first-order valence-electron chi connectivity index (χ1n) is 7.88. The van der Waals surface area contributed by atoms with Gasteiger partial charge in [0, 0.05) is 0 Å². The van der Waals surface area contributed by atoms with Gasteiger partial charge in [0.25, 0.3) is 0 Å². The van der Waals surface area contributed by atoms with Crippen molar-refractivity contribution in [1.29, 1.82) is 0 Å². The van der Waals surface area contributed by atoms with Gasteiger partial charge >= 0.3 is 0 Å². The molecule has 0 saturated heterocycles. The van der Waals surface area contributed by atoms with E-state index in [0.717, 1.165) is 5.56 Å². The lowest BCUT2D eigenvalue weighted by Gasteiger charge is -2.05. The van der Waals surface area contributed by atoms with Crippen LogP contribution in [0.3, 0.4) is 0 Å². The van der Waals surface area contributed by atoms with Gasteiger partial charge in [-0.2, -0.15) is 0 Å². The molecule has 0 aliphatic heterocycles. The Morgan fingerprint density at radius 2 is 1.81 bits per heavy atom. The summed E-state index contributed by atoms with van der Waals surface area (Å²) in [6.07, 6.45) is 1.54. The van der Waals surface area contributed by atoms with Gasteiger partial charge in [0.2, 0.25) is 10.0 Å². The fraction of sp³-hybridized carbons (Fsp3) is 0.105. The van der Waals surface area contributed by atoms with Crippen molar-refractivity contribution in [2.24, 2.45) is 4.99 Å². The van der Waals surface area contributed by atoms with Gasteiger partial charge in [0.05, 0.1) is 28.4 Å². The summed E-state index contributed by atoms with van der Waals surface area (Å²) in [4.78, 5) is 4.48. The number of nitrogens with one attached hydrogen (secondary N) is 1. The summed E-state index contributed by atoms with van der Waals surface area (Å²) in [5, 5.41) is 0.543. The first-order valence-corrected chi connectivity index (χ1v) is 9.74. The van der Waals surface area contributed by atoms with Crippen LogP contribution in [-0.4, -0.2) is 14.6 Å². The molecule has 1 heterocycles. The van der Waals surface area contributed by atoms with Gasteiger partial charge in [-0.1, -0.05) is 41.4 Å². The lowest BCUT2D eigenvalue weighted by atomic mass is 10.2. The molecule has 0 amide bonds. The van der Waals surface area contributed by atoms with Crippen molar-refractivity contribution in [3.8, 4) is 0 Å². The molecular formula is C19H17ClN2O3S. The van der Waals surface area contributed by atoms with Crippen LogP contribution in [0.25, 0.3) is 0 Å². The molecule has 0 bridgehead atoms. The maximum atomic E-state index is 12.3. The van der Waals surface area contributed by atoms with E-state index in [0.29, 0.717) is 22.2 Å². The third kappa shape index (κ3) is 4.60. The number of aliphatic imine (C=N–C) groups is 1. The summed E-state index contributed by atoms with van der Waals surface area (Å²) in [6.45, 7) is 1.95. The van der Waals surface area contributed by atoms with E-state index in [4.69, 9.17) is 16.0 Å². The van der Waals surface area contributed by atoms with Crippen LogP contribution in [0.4, 0.5) is 5.69 Å². The summed E-state index contributed by atoms with van der Waals surface area (Å²) in [7, 11) is -3.59. The molecule has 0 radical (unpaired) electrons. The average molecular weight is 389 g/mol. The summed E-state index contributed by atoms with van der Waals surface area (Å²) in [5.41, 5.74) is 1.63. The van der Waals surface area contributed by atoms with Crippen LogP contribution in [-0.2, 0) is 16.6 Å². The fourth-order valence-corrected chi connectivity index (χ4v) is 3.39. The van der Waals surface area contributed by atoms with Crippen molar-refractivity contribution >= 4 is 33.5 Å². The average Bonchev–Trinajstić information content (AvgIpc) is 3.08. The molecule has 0 aliphatic rings. The molecule has 2 aromatic carbocycles. The minimum absolute atomic E-state index is 0.0517. The number of furan rings is 1. The standard InChI is InChI=1S/C19H17ClN2O3S/c1-14-6-10-17(11-7-14)26(23,24)22-13-16-9-8-15(25-16)12-21-19-5-3-2-4-18(19)20/h2-12,22H,13H2,1H3. The minimum Gasteiger partial charge on any atom is -0.459 e. The molecule has 3 rings (SSSR count). The number of hydrogen-bond donors (Lipinski definition) is 1. The van der Waals surface area contributed by atoms with Crippen molar-refractivity contribution in [3.63, 3.8) is 0 Å². The SMILES string of the molecule is Cc1ccc(S(=O)(=O)NCc2ccc(C=Nc3ccccc3Cl)o2)cc1. The third-order valence-electron chi connectivity index (χ3n) is 3.63. The number of hydrogen-bond acceptors (Lipinski definition) is 4. The Balaban J connectivity index is 1.65. The molecule has 0 atom stereocenters. The number of nitrogens with zero attached hydrogens (tertiary/aromatic N) is 1. The highest BCUT2D eigenvalue weighted by Gasteiger charge is 2.14. The molecule has 1 aromatic heterocycles. The molecular weight excluding hydrogens is 372 g/mol. The lowest BCUT2D eigenvalue weighted by molar-refractivity contribution is 0.494. The molecule has 134 valence electrons. The third-order valence-corrected chi connectivity index (χ3v) is 5.37. The molecule has 26 heavy (non-hydrogen) atoms. The van der Waals surface area contributed by atoms with E-state index in [1.165, 1.54) is 0 Å². The van der Waals surface area contributed by atoms with Gasteiger partial charge < -0.3 is 4.42 Å². The molecule has 5 nitrogen and oxygen atoms in total. The largest absolute Gasteiger partial charge is 0.459 e. The Kier molecular flexibility index (Phi) is 5.56. The summed E-state index contributed by atoms with van der Waals surface area (Å²) in [6, 6.07) is 17.3. The zero-order valence-electron chi connectivity index (χ0n) is 14.0. The predicted molar refractivity (Wildman–Crippen MR) is 103 cm³/mol. The number of para-hydroxylation sites is 1. The van der Waals surface area contributed by atoms with E-state index in [2.05, 4.69) is 9.71 Å². The zero-order chi connectivity index (χ0) is 18.6. The minimum atomic E-state index is -3.59. The normalized spacial score (nSPS) is 11.9. The molecule has 3 aromatic rings. The Morgan fingerprint density at radius 1 is 1.08 bits per heavy atom. The first kappa shape index (κ1) is 18.4. The Hall–Kier alpha value is -2.41. The van der Waals surface area contributed by atoms with Crippen LogP contribution >= 0.6 is 11.6 Å². The number of sulfonamides is 1. The number of benzene rings is 2. The van der Waals surface area contributed by atoms with E-state index in [9.17, 15) is 8.42 Å². The lowest BCUT2D eigenvalue weighted by Crippen LogP contribution is -2.22. The second kappa shape index (κ2) is 7.86. The van der Waals surface area contributed by atoms with Crippen LogP contribution in [0.1, 0.15) is 17.1 Å². The van der Waals surface area contributed by atoms with E-state index >= 15 is 0 Å². The molecule has 7 heteroatoms. The molecule has 0 unspecified atom stereocenters. The highest BCUT2D eigenvalue weighted by molar-refractivity contribution is 7.89. The Bertz CT molecular complexity index is 1020. The molecule has 0 spiro atoms. The Morgan fingerprint density at radius 3 is 2.54 bits per heavy atom. The van der Waals surface area contributed by atoms with E-state index < -0.39 is 10.0 Å². The predicted octanol–water partition coefficient (Wildman–Crippen LogP) is 4.47. The molecule has 0 saturated carbocycles. The maximum Gasteiger partial charge on any atom is 0.240 e. The first-order chi connectivity index (χ1) is 12.4. The van der Waals surface area contributed by atoms with Crippen molar-refractivity contribution < 1.29 is 12.8 Å². The number of aryl methyl sites for hydroxylation is 1. The van der Waals surface area contributed by atoms with Gasteiger partial charge in [0.15, 0.2) is 0 Å². The summed E-state index contributed by atoms with van der Waals surface area (Å²) < 4.78 is 32.7. The highest BCUT2D eigenvalue weighted by atomic mass is 35.5. The van der Waals surface area contributed by atoms with E-state index in [1.807, 2.05) is 19.1 Å². The summed E-state index contributed by atoms with van der Waals surface area (Å²) in [5.74, 6) is 0.996. The highest BCUT2D eigenvalue weighted by Crippen LogP contribution is 2.23. The van der Waals surface area contributed by atoms with Crippen LogP contribution in [0.5, 0.6) is 0 Å². The number of halogens is 1. The maximum absolute atomic E-state index is 12.3.